The Morgan fingerprint density at radius 2 is 2.25 bits per heavy atom. The van der Waals surface area contributed by atoms with Crippen molar-refractivity contribution in [1.82, 2.24) is 15.3 Å². The molecule has 3 nitrogen and oxygen atoms in total. The fourth-order valence-electron chi connectivity index (χ4n) is 2.27. The van der Waals surface area contributed by atoms with E-state index in [2.05, 4.69) is 30.2 Å². The SMILES string of the molecule is CC(C)NCc1sc(Cc2cccnc2)nc1C1CC1. The van der Waals surface area contributed by atoms with Crippen LogP contribution in [0.5, 0.6) is 0 Å². The van der Waals surface area contributed by atoms with Crippen molar-refractivity contribution in [2.24, 2.45) is 0 Å². The summed E-state index contributed by atoms with van der Waals surface area (Å²) in [6, 6.07) is 4.63. The van der Waals surface area contributed by atoms with Gasteiger partial charge < -0.3 is 5.32 Å². The number of thiazole rings is 1. The van der Waals surface area contributed by atoms with Crippen LogP contribution in [0.4, 0.5) is 0 Å². The topological polar surface area (TPSA) is 37.8 Å². The summed E-state index contributed by atoms with van der Waals surface area (Å²) in [5.74, 6) is 0.720. The first kappa shape index (κ1) is 13.7. The Labute approximate surface area is 124 Å². The van der Waals surface area contributed by atoms with Crippen molar-refractivity contribution < 1.29 is 0 Å². The Kier molecular flexibility index (Phi) is 4.13. The molecule has 2 aromatic heterocycles. The van der Waals surface area contributed by atoms with Crippen molar-refractivity contribution in [2.45, 2.75) is 51.6 Å². The van der Waals surface area contributed by atoms with Crippen LogP contribution in [0.1, 0.15) is 53.7 Å². The molecule has 0 bridgehead atoms. The lowest BCUT2D eigenvalue weighted by atomic mass is 10.2. The van der Waals surface area contributed by atoms with Gasteiger partial charge in [-0.3, -0.25) is 4.98 Å². The fraction of sp³-hybridized carbons (Fsp3) is 0.500. The number of aromatic nitrogens is 2. The number of hydrogen-bond donors (Lipinski definition) is 1. The molecule has 4 heteroatoms. The highest BCUT2D eigenvalue weighted by Gasteiger charge is 2.29. The van der Waals surface area contributed by atoms with E-state index >= 15 is 0 Å². The largest absolute Gasteiger partial charge is 0.310 e. The lowest BCUT2D eigenvalue weighted by molar-refractivity contribution is 0.590. The average molecular weight is 287 g/mol. The first-order valence-electron chi connectivity index (χ1n) is 7.33. The maximum absolute atomic E-state index is 4.90. The van der Waals surface area contributed by atoms with Crippen LogP contribution < -0.4 is 5.32 Å². The zero-order valence-corrected chi connectivity index (χ0v) is 12.9. The zero-order chi connectivity index (χ0) is 13.9. The lowest BCUT2D eigenvalue weighted by Crippen LogP contribution is -2.21. The van der Waals surface area contributed by atoms with Gasteiger partial charge in [-0.25, -0.2) is 4.98 Å². The van der Waals surface area contributed by atoms with Crippen molar-refractivity contribution in [3.05, 3.63) is 45.7 Å². The van der Waals surface area contributed by atoms with Crippen LogP contribution in [0.25, 0.3) is 0 Å². The van der Waals surface area contributed by atoms with Crippen molar-refractivity contribution in [2.75, 3.05) is 0 Å². The van der Waals surface area contributed by atoms with Crippen molar-refractivity contribution >= 4 is 11.3 Å². The van der Waals surface area contributed by atoms with Crippen LogP contribution in [0.2, 0.25) is 0 Å². The maximum Gasteiger partial charge on any atom is 0.0976 e. The molecule has 1 aliphatic rings. The predicted octanol–water partition coefficient (Wildman–Crippen LogP) is 3.50. The lowest BCUT2D eigenvalue weighted by Gasteiger charge is -2.07. The van der Waals surface area contributed by atoms with Crippen molar-refractivity contribution in [3.63, 3.8) is 0 Å². The molecular formula is C16H21N3S. The molecule has 0 spiro atoms. The Morgan fingerprint density at radius 3 is 2.90 bits per heavy atom. The smallest absolute Gasteiger partial charge is 0.0976 e. The van der Waals surface area contributed by atoms with Crippen LogP contribution in [-0.4, -0.2) is 16.0 Å². The summed E-state index contributed by atoms with van der Waals surface area (Å²) >= 11 is 1.86. The average Bonchev–Trinajstić information content (AvgIpc) is 3.20. The molecule has 0 saturated heterocycles. The Balaban J connectivity index is 1.76. The molecule has 0 aromatic carbocycles. The normalized spacial score (nSPS) is 14.9. The van der Waals surface area contributed by atoms with Crippen LogP contribution >= 0.6 is 11.3 Å². The van der Waals surface area contributed by atoms with E-state index in [9.17, 15) is 0 Å². The van der Waals surface area contributed by atoms with Gasteiger partial charge in [-0.15, -0.1) is 11.3 Å². The van der Waals surface area contributed by atoms with Gasteiger partial charge in [0.05, 0.1) is 10.7 Å². The molecule has 2 heterocycles. The maximum atomic E-state index is 4.90. The van der Waals surface area contributed by atoms with Gasteiger partial charge in [-0.2, -0.15) is 0 Å². The van der Waals surface area contributed by atoms with E-state index in [1.54, 1.807) is 0 Å². The summed E-state index contributed by atoms with van der Waals surface area (Å²) in [5.41, 5.74) is 2.59. The van der Waals surface area contributed by atoms with Gasteiger partial charge in [0.2, 0.25) is 0 Å². The summed E-state index contributed by atoms with van der Waals surface area (Å²) in [4.78, 5) is 10.5. The standard InChI is InChI=1S/C16H21N3S/c1-11(2)18-10-14-16(13-5-6-13)19-15(20-14)8-12-4-3-7-17-9-12/h3-4,7,9,11,13,18H,5-6,8,10H2,1-2H3. The second-order valence-corrected chi connectivity index (χ2v) is 6.93. The molecule has 1 saturated carbocycles. The van der Waals surface area contributed by atoms with E-state index in [0.29, 0.717) is 6.04 Å². The van der Waals surface area contributed by atoms with E-state index in [4.69, 9.17) is 4.98 Å². The van der Waals surface area contributed by atoms with Gasteiger partial charge in [-0.05, 0) is 24.5 Å². The molecule has 3 rings (SSSR count). The number of rotatable bonds is 6. The monoisotopic (exact) mass is 287 g/mol. The van der Waals surface area contributed by atoms with E-state index in [1.165, 1.54) is 34.0 Å². The minimum absolute atomic E-state index is 0.519. The van der Waals surface area contributed by atoms with E-state index in [-0.39, 0.29) is 0 Å². The molecule has 0 unspecified atom stereocenters. The summed E-state index contributed by atoms with van der Waals surface area (Å²) in [7, 11) is 0. The molecular weight excluding hydrogens is 266 g/mol. The van der Waals surface area contributed by atoms with Crippen molar-refractivity contribution in [1.29, 1.82) is 0 Å². The van der Waals surface area contributed by atoms with E-state index in [0.717, 1.165) is 18.9 Å². The highest BCUT2D eigenvalue weighted by molar-refractivity contribution is 7.11. The van der Waals surface area contributed by atoms with Gasteiger partial charge in [0, 0.05) is 42.2 Å². The quantitative estimate of drug-likeness (QED) is 0.883. The highest BCUT2D eigenvalue weighted by Crippen LogP contribution is 2.42. The number of hydrogen-bond acceptors (Lipinski definition) is 4. The molecule has 0 radical (unpaired) electrons. The third-order valence-corrected chi connectivity index (χ3v) is 4.56. The Hall–Kier alpha value is -1.26. The highest BCUT2D eigenvalue weighted by atomic mass is 32.1. The predicted molar refractivity (Wildman–Crippen MR) is 83.1 cm³/mol. The Bertz CT molecular complexity index is 558. The minimum Gasteiger partial charge on any atom is -0.310 e. The van der Waals surface area contributed by atoms with Crippen LogP contribution in [0.3, 0.4) is 0 Å². The minimum atomic E-state index is 0.519. The molecule has 1 fully saturated rings. The molecule has 2 aromatic rings. The van der Waals surface area contributed by atoms with Crippen LogP contribution in [0.15, 0.2) is 24.5 Å². The summed E-state index contributed by atoms with van der Waals surface area (Å²) in [5, 5.41) is 4.74. The van der Waals surface area contributed by atoms with Gasteiger partial charge in [0.15, 0.2) is 0 Å². The molecule has 0 amide bonds. The zero-order valence-electron chi connectivity index (χ0n) is 12.1. The van der Waals surface area contributed by atoms with E-state index in [1.807, 2.05) is 29.8 Å². The number of nitrogens with one attached hydrogen (secondary N) is 1. The Morgan fingerprint density at radius 1 is 1.40 bits per heavy atom. The third kappa shape index (κ3) is 3.44. The molecule has 1 N–H and O–H groups in total. The first-order valence-corrected chi connectivity index (χ1v) is 8.15. The molecule has 20 heavy (non-hydrogen) atoms. The molecule has 1 aliphatic carbocycles. The van der Waals surface area contributed by atoms with Gasteiger partial charge in [0.1, 0.15) is 0 Å². The molecule has 0 aliphatic heterocycles. The number of nitrogens with zero attached hydrogens (tertiary/aromatic N) is 2. The number of pyridine rings is 1. The summed E-state index contributed by atoms with van der Waals surface area (Å²) < 4.78 is 0. The third-order valence-electron chi connectivity index (χ3n) is 3.48. The molecule has 106 valence electrons. The van der Waals surface area contributed by atoms with Crippen LogP contribution in [0, 0.1) is 0 Å². The fourth-order valence-corrected chi connectivity index (χ4v) is 3.41. The second-order valence-electron chi connectivity index (χ2n) is 5.76. The van der Waals surface area contributed by atoms with Crippen LogP contribution in [-0.2, 0) is 13.0 Å². The van der Waals surface area contributed by atoms with Gasteiger partial charge in [-0.1, -0.05) is 19.9 Å². The summed E-state index contributed by atoms with van der Waals surface area (Å²) in [6.45, 7) is 5.33. The van der Waals surface area contributed by atoms with Gasteiger partial charge >= 0.3 is 0 Å². The first-order chi connectivity index (χ1) is 9.72. The van der Waals surface area contributed by atoms with Gasteiger partial charge in [0.25, 0.3) is 0 Å². The summed E-state index contributed by atoms with van der Waals surface area (Å²) in [6.07, 6.45) is 7.28. The van der Waals surface area contributed by atoms with E-state index < -0.39 is 0 Å². The van der Waals surface area contributed by atoms with Crippen molar-refractivity contribution in [3.8, 4) is 0 Å². The molecule has 0 atom stereocenters. The second kappa shape index (κ2) is 6.02.